The van der Waals surface area contributed by atoms with Gasteiger partial charge < -0.3 is 10.1 Å². The third-order valence-corrected chi connectivity index (χ3v) is 5.65. The Balaban J connectivity index is 1.33. The fourth-order valence-electron chi connectivity index (χ4n) is 2.88. The van der Waals surface area contributed by atoms with Gasteiger partial charge in [-0.15, -0.1) is 11.3 Å². The van der Waals surface area contributed by atoms with Crippen molar-refractivity contribution in [1.29, 1.82) is 0 Å². The first kappa shape index (κ1) is 20.2. The monoisotopic (exact) mass is 437 g/mol. The van der Waals surface area contributed by atoms with Gasteiger partial charge in [-0.1, -0.05) is 47.5 Å². The molecule has 0 bridgehead atoms. The van der Waals surface area contributed by atoms with Gasteiger partial charge in [0.15, 0.2) is 0 Å². The van der Waals surface area contributed by atoms with Crippen LogP contribution < -0.4 is 10.1 Å². The third kappa shape index (κ3) is 5.28. The normalized spacial score (nSPS) is 10.7. The summed E-state index contributed by atoms with van der Waals surface area (Å²) in [6.45, 7) is 3.09. The van der Waals surface area contributed by atoms with Crippen molar-refractivity contribution < 1.29 is 9.53 Å². The maximum Gasteiger partial charge on any atom is 0.265 e. The van der Waals surface area contributed by atoms with Crippen LogP contribution in [0.3, 0.4) is 0 Å². The molecule has 0 aliphatic rings. The lowest BCUT2D eigenvalue weighted by Gasteiger charge is -2.04. The largest absolute Gasteiger partial charge is 0.489 e. The highest BCUT2D eigenvalue weighted by atomic mass is 35.5. The summed E-state index contributed by atoms with van der Waals surface area (Å²) in [6, 6.07) is 17.4. The van der Waals surface area contributed by atoms with E-state index < -0.39 is 0 Å². The predicted octanol–water partition coefficient (Wildman–Crippen LogP) is 5.79. The van der Waals surface area contributed by atoms with Crippen LogP contribution in [0.4, 0.5) is 5.69 Å². The molecular formula is C23H20ClN3O2S. The lowest BCUT2D eigenvalue weighted by atomic mass is 10.1. The number of nitrogens with one attached hydrogen (secondary N) is 1. The van der Waals surface area contributed by atoms with E-state index >= 15 is 0 Å². The van der Waals surface area contributed by atoms with E-state index in [0.29, 0.717) is 34.5 Å². The molecule has 0 saturated heterocycles. The van der Waals surface area contributed by atoms with Gasteiger partial charge in [-0.2, -0.15) is 5.10 Å². The standard InChI is InChI=1S/C23H20ClN3O2S/c1-16-5-7-17(8-6-16)12-27-13-20(11-25-27)26-23(28)22-9-18(15-30-22)14-29-21-4-2-3-19(24)10-21/h2-11,13,15H,12,14H2,1H3,(H,26,28). The zero-order valence-corrected chi connectivity index (χ0v) is 17.9. The lowest BCUT2D eigenvalue weighted by molar-refractivity contribution is 0.103. The number of halogens is 1. The summed E-state index contributed by atoms with van der Waals surface area (Å²) in [5.74, 6) is 0.532. The van der Waals surface area contributed by atoms with Gasteiger partial charge in [0.25, 0.3) is 5.91 Å². The quantitative estimate of drug-likeness (QED) is 0.398. The summed E-state index contributed by atoms with van der Waals surface area (Å²) in [4.78, 5) is 13.2. The molecule has 0 atom stereocenters. The number of carbonyl (C=O) groups is 1. The van der Waals surface area contributed by atoms with Crippen molar-refractivity contribution in [2.45, 2.75) is 20.1 Å². The van der Waals surface area contributed by atoms with Crippen LogP contribution in [0.25, 0.3) is 0 Å². The van der Waals surface area contributed by atoms with E-state index in [0.717, 1.165) is 11.1 Å². The van der Waals surface area contributed by atoms with Crippen LogP contribution in [0.1, 0.15) is 26.4 Å². The summed E-state index contributed by atoms with van der Waals surface area (Å²) < 4.78 is 7.53. The Morgan fingerprint density at radius 2 is 2.00 bits per heavy atom. The minimum Gasteiger partial charge on any atom is -0.489 e. The summed E-state index contributed by atoms with van der Waals surface area (Å²) in [6.07, 6.45) is 3.48. The Hall–Kier alpha value is -3.09. The average molecular weight is 438 g/mol. The van der Waals surface area contributed by atoms with E-state index in [1.54, 1.807) is 23.0 Å². The van der Waals surface area contributed by atoms with Gasteiger partial charge in [-0.25, -0.2) is 0 Å². The molecule has 0 radical (unpaired) electrons. The molecule has 0 spiro atoms. The lowest BCUT2D eigenvalue weighted by Crippen LogP contribution is -2.09. The van der Waals surface area contributed by atoms with Gasteiger partial charge in [-0.3, -0.25) is 9.48 Å². The number of anilines is 1. The first-order valence-corrected chi connectivity index (χ1v) is 10.7. The van der Waals surface area contributed by atoms with Gasteiger partial charge in [0.2, 0.25) is 0 Å². The molecular weight excluding hydrogens is 418 g/mol. The topological polar surface area (TPSA) is 56.2 Å². The number of hydrogen-bond donors (Lipinski definition) is 1. The first-order chi connectivity index (χ1) is 14.5. The molecule has 7 heteroatoms. The van der Waals surface area contributed by atoms with Crippen LogP contribution in [-0.2, 0) is 13.2 Å². The minimum absolute atomic E-state index is 0.163. The van der Waals surface area contributed by atoms with Crippen LogP contribution in [-0.4, -0.2) is 15.7 Å². The number of aryl methyl sites for hydroxylation is 1. The Kier molecular flexibility index (Phi) is 6.16. The van der Waals surface area contributed by atoms with E-state index in [2.05, 4.69) is 41.6 Å². The number of rotatable bonds is 7. The molecule has 1 amide bonds. The molecule has 2 aromatic carbocycles. The van der Waals surface area contributed by atoms with E-state index in [-0.39, 0.29) is 5.91 Å². The minimum atomic E-state index is -0.163. The molecule has 4 aromatic rings. The zero-order valence-electron chi connectivity index (χ0n) is 16.3. The number of carbonyl (C=O) groups excluding carboxylic acids is 1. The molecule has 152 valence electrons. The van der Waals surface area contributed by atoms with E-state index in [1.165, 1.54) is 16.9 Å². The summed E-state index contributed by atoms with van der Waals surface area (Å²) in [5, 5.41) is 9.77. The van der Waals surface area contributed by atoms with Crippen molar-refractivity contribution in [3.05, 3.63) is 99.0 Å². The van der Waals surface area contributed by atoms with Crippen LogP contribution in [0, 0.1) is 6.92 Å². The molecule has 1 N–H and O–H groups in total. The second-order valence-corrected chi connectivity index (χ2v) is 8.28. The number of aromatic nitrogens is 2. The number of ether oxygens (including phenoxy) is 1. The van der Waals surface area contributed by atoms with Crippen LogP contribution >= 0.6 is 22.9 Å². The molecule has 4 rings (SSSR count). The van der Waals surface area contributed by atoms with Crippen molar-refractivity contribution in [3.63, 3.8) is 0 Å². The van der Waals surface area contributed by atoms with Crippen molar-refractivity contribution in [2.75, 3.05) is 5.32 Å². The van der Waals surface area contributed by atoms with E-state index in [9.17, 15) is 4.79 Å². The maximum atomic E-state index is 12.6. The Morgan fingerprint density at radius 3 is 2.80 bits per heavy atom. The van der Waals surface area contributed by atoms with Crippen molar-refractivity contribution in [1.82, 2.24) is 9.78 Å². The van der Waals surface area contributed by atoms with Crippen LogP contribution in [0.5, 0.6) is 5.75 Å². The predicted molar refractivity (Wildman–Crippen MR) is 121 cm³/mol. The van der Waals surface area contributed by atoms with Crippen molar-refractivity contribution in [2.24, 2.45) is 0 Å². The Bertz CT molecular complexity index is 1150. The number of hydrogen-bond acceptors (Lipinski definition) is 4. The molecule has 2 heterocycles. The number of benzene rings is 2. The molecule has 5 nitrogen and oxygen atoms in total. The third-order valence-electron chi connectivity index (χ3n) is 4.44. The summed E-state index contributed by atoms with van der Waals surface area (Å²) in [5.41, 5.74) is 3.97. The highest BCUT2D eigenvalue weighted by Crippen LogP contribution is 2.21. The Morgan fingerprint density at radius 1 is 1.17 bits per heavy atom. The average Bonchev–Trinajstić information content (AvgIpc) is 3.38. The SMILES string of the molecule is Cc1ccc(Cn2cc(NC(=O)c3cc(COc4cccc(Cl)c4)cs3)cn2)cc1. The second kappa shape index (κ2) is 9.15. The smallest absolute Gasteiger partial charge is 0.265 e. The van der Waals surface area contributed by atoms with Crippen molar-refractivity contribution >= 4 is 34.5 Å². The number of amides is 1. The fraction of sp³-hybridized carbons (Fsp3) is 0.130. The van der Waals surface area contributed by atoms with Crippen LogP contribution in [0.2, 0.25) is 5.02 Å². The molecule has 0 aliphatic carbocycles. The molecule has 0 saturated carbocycles. The Labute approximate surface area is 183 Å². The molecule has 0 fully saturated rings. The molecule has 0 unspecified atom stereocenters. The maximum absolute atomic E-state index is 12.6. The van der Waals surface area contributed by atoms with Crippen molar-refractivity contribution in [3.8, 4) is 5.75 Å². The van der Waals surface area contributed by atoms with E-state index in [1.807, 2.05) is 29.8 Å². The summed E-state index contributed by atoms with van der Waals surface area (Å²) in [7, 11) is 0. The molecule has 30 heavy (non-hydrogen) atoms. The molecule has 2 aromatic heterocycles. The fourth-order valence-corrected chi connectivity index (χ4v) is 3.85. The number of nitrogens with zero attached hydrogens (tertiary/aromatic N) is 2. The first-order valence-electron chi connectivity index (χ1n) is 9.40. The zero-order chi connectivity index (χ0) is 20.9. The van der Waals surface area contributed by atoms with Gasteiger partial charge in [0.05, 0.1) is 23.3 Å². The number of thiophene rings is 1. The van der Waals surface area contributed by atoms with Gasteiger partial charge in [-0.05, 0) is 42.1 Å². The summed E-state index contributed by atoms with van der Waals surface area (Å²) >= 11 is 7.35. The second-order valence-electron chi connectivity index (χ2n) is 6.93. The van der Waals surface area contributed by atoms with Gasteiger partial charge in [0, 0.05) is 16.8 Å². The van der Waals surface area contributed by atoms with Gasteiger partial charge >= 0.3 is 0 Å². The highest BCUT2D eigenvalue weighted by Gasteiger charge is 2.11. The van der Waals surface area contributed by atoms with Crippen LogP contribution in [0.15, 0.2) is 72.4 Å². The molecule has 0 aliphatic heterocycles. The highest BCUT2D eigenvalue weighted by molar-refractivity contribution is 7.12. The van der Waals surface area contributed by atoms with E-state index in [4.69, 9.17) is 16.3 Å². The van der Waals surface area contributed by atoms with Gasteiger partial charge in [0.1, 0.15) is 12.4 Å².